The van der Waals surface area contributed by atoms with Crippen molar-refractivity contribution in [3.8, 4) is 0 Å². The van der Waals surface area contributed by atoms with E-state index < -0.39 is 0 Å². The third-order valence-electron chi connectivity index (χ3n) is 1.10. The van der Waals surface area contributed by atoms with Gasteiger partial charge in [0.25, 0.3) is 0 Å². The van der Waals surface area contributed by atoms with Gasteiger partial charge in [-0.15, -0.1) is 0 Å². The molecule has 2 nitrogen and oxygen atoms in total. The Balaban J connectivity index is 2.22. The molecule has 0 N–H and O–H groups in total. The Morgan fingerprint density at radius 1 is 1.75 bits per heavy atom. The van der Waals surface area contributed by atoms with Gasteiger partial charge >= 0.3 is 0 Å². The van der Waals surface area contributed by atoms with Crippen molar-refractivity contribution >= 4 is 0 Å². The summed E-state index contributed by atoms with van der Waals surface area (Å²) >= 11 is 0. The largest absolute Gasteiger partial charge is 0.343 e. The molecule has 0 aromatic carbocycles. The van der Waals surface area contributed by atoms with Crippen molar-refractivity contribution in [2.75, 3.05) is 6.61 Å². The summed E-state index contributed by atoms with van der Waals surface area (Å²) in [6.45, 7) is 4.75. The Bertz CT molecular complexity index is 72.9. The molecule has 8 heavy (non-hydrogen) atoms. The highest BCUT2D eigenvalue weighted by molar-refractivity contribution is 4.71. The van der Waals surface area contributed by atoms with Crippen molar-refractivity contribution in [1.29, 1.82) is 0 Å². The van der Waals surface area contributed by atoms with Gasteiger partial charge in [0.2, 0.25) is 6.29 Å². The SMILES string of the molecule is CC[C]1OCC(C)O1. The van der Waals surface area contributed by atoms with Crippen molar-refractivity contribution < 1.29 is 9.47 Å². The fourth-order valence-corrected chi connectivity index (χ4v) is 0.688. The highest BCUT2D eigenvalue weighted by Crippen LogP contribution is 2.19. The maximum absolute atomic E-state index is 5.20. The Kier molecular flexibility index (Phi) is 1.86. The monoisotopic (exact) mass is 115 g/mol. The minimum absolute atomic E-state index is 0.268. The average molecular weight is 115 g/mol. The normalized spacial score (nSPS) is 31.5. The van der Waals surface area contributed by atoms with Crippen LogP contribution in [0.2, 0.25) is 0 Å². The fraction of sp³-hybridized carbons (Fsp3) is 0.833. The molecule has 1 saturated heterocycles. The topological polar surface area (TPSA) is 18.5 Å². The van der Waals surface area contributed by atoms with Crippen LogP contribution in [0.15, 0.2) is 0 Å². The molecule has 0 bridgehead atoms. The molecule has 0 aliphatic carbocycles. The second-order valence-corrected chi connectivity index (χ2v) is 1.97. The summed E-state index contributed by atoms with van der Waals surface area (Å²) in [5, 5.41) is 0. The second-order valence-electron chi connectivity index (χ2n) is 1.97. The van der Waals surface area contributed by atoms with Crippen molar-refractivity contribution in [3.05, 3.63) is 6.29 Å². The van der Waals surface area contributed by atoms with Crippen LogP contribution in [0.5, 0.6) is 0 Å². The smallest absolute Gasteiger partial charge is 0.223 e. The molecule has 1 fully saturated rings. The Morgan fingerprint density at radius 2 is 2.50 bits per heavy atom. The van der Waals surface area contributed by atoms with E-state index in [-0.39, 0.29) is 6.10 Å². The van der Waals surface area contributed by atoms with Crippen molar-refractivity contribution in [3.63, 3.8) is 0 Å². The molecule has 0 saturated carbocycles. The van der Waals surface area contributed by atoms with Crippen LogP contribution in [-0.2, 0) is 9.47 Å². The van der Waals surface area contributed by atoms with E-state index in [9.17, 15) is 0 Å². The second kappa shape index (κ2) is 2.46. The fourth-order valence-electron chi connectivity index (χ4n) is 0.688. The maximum Gasteiger partial charge on any atom is 0.223 e. The van der Waals surface area contributed by atoms with Gasteiger partial charge in [-0.1, -0.05) is 6.92 Å². The summed E-state index contributed by atoms with van der Waals surface area (Å²) < 4.78 is 10.3. The zero-order chi connectivity index (χ0) is 5.98. The highest BCUT2D eigenvalue weighted by atomic mass is 16.7. The molecule has 1 unspecified atom stereocenters. The van der Waals surface area contributed by atoms with Gasteiger partial charge in [-0.2, -0.15) is 0 Å². The number of hydrogen-bond donors (Lipinski definition) is 0. The molecule has 1 atom stereocenters. The molecule has 1 aliphatic rings. The molecule has 1 aliphatic heterocycles. The molecule has 1 rings (SSSR count). The maximum atomic E-state index is 5.20. The van der Waals surface area contributed by atoms with Gasteiger partial charge in [0.15, 0.2) is 0 Å². The Hall–Kier alpha value is -0.0800. The van der Waals surface area contributed by atoms with Crippen LogP contribution < -0.4 is 0 Å². The Labute approximate surface area is 49.8 Å². The summed E-state index contributed by atoms with van der Waals surface area (Å²) in [6, 6.07) is 0. The molecule has 1 heterocycles. The molecule has 47 valence electrons. The first-order chi connectivity index (χ1) is 3.83. The molecule has 2 heteroatoms. The number of ether oxygens (including phenoxy) is 2. The summed E-state index contributed by atoms with van der Waals surface area (Å²) in [6.07, 6.45) is 1.94. The van der Waals surface area contributed by atoms with Crippen LogP contribution in [0.1, 0.15) is 20.3 Å². The van der Waals surface area contributed by atoms with Gasteiger partial charge in [0, 0.05) is 6.42 Å². The predicted molar refractivity (Wildman–Crippen MR) is 30.0 cm³/mol. The zero-order valence-electron chi connectivity index (χ0n) is 5.31. The van der Waals surface area contributed by atoms with Crippen molar-refractivity contribution in [1.82, 2.24) is 0 Å². The molecule has 1 radical (unpaired) electrons. The van der Waals surface area contributed by atoms with Crippen molar-refractivity contribution in [2.45, 2.75) is 26.4 Å². The van der Waals surface area contributed by atoms with E-state index in [0.717, 1.165) is 19.3 Å². The molecule has 0 aromatic rings. The summed E-state index contributed by atoms with van der Waals surface area (Å²) in [7, 11) is 0. The van der Waals surface area contributed by atoms with Gasteiger partial charge in [0.05, 0.1) is 12.7 Å². The van der Waals surface area contributed by atoms with Crippen molar-refractivity contribution in [2.24, 2.45) is 0 Å². The third-order valence-corrected chi connectivity index (χ3v) is 1.10. The van der Waals surface area contributed by atoms with Crippen LogP contribution in [0.4, 0.5) is 0 Å². The lowest BCUT2D eigenvalue weighted by molar-refractivity contribution is 0.0518. The van der Waals surface area contributed by atoms with E-state index in [0.29, 0.717) is 0 Å². The quantitative estimate of drug-likeness (QED) is 0.513. The lowest BCUT2D eigenvalue weighted by Crippen LogP contribution is -2.01. The highest BCUT2D eigenvalue weighted by Gasteiger charge is 2.21. The molecule has 0 spiro atoms. The lowest BCUT2D eigenvalue weighted by Gasteiger charge is -2.01. The van der Waals surface area contributed by atoms with E-state index in [1.165, 1.54) is 0 Å². The molecule has 0 aromatic heterocycles. The van der Waals surface area contributed by atoms with Crippen LogP contribution in [0, 0.1) is 6.29 Å². The number of hydrogen-bond acceptors (Lipinski definition) is 2. The van der Waals surface area contributed by atoms with Gasteiger partial charge < -0.3 is 9.47 Å². The van der Waals surface area contributed by atoms with Gasteiger partial charge in [-0.25, -0.2) is 0 Å². The third kappa shape index (κ3) is 1.20. The van der Waals surface area contributed by atoms with Gasteiger partial charge in [0.1, 0.15) is 0 Å². The van der Waals surface area contributed by atoms with Crippen LogP contribution in [-0.4, -0.2) is 12.7 Å². The first kappa shape index (κ1) is 6.05. The van der Waals surface area contributed by atoms with Gasteiger partial charge in [-0.05, 0) is 6.92 Å². The minimum atomic E-state index is 0.268. The van der Waals surface area contributed by atoms with E-state index in [1.807, 2.05) is 13.8 Å². The van der Waals surface area contributed by atoms with E-state index >= 15 is 0 Å². The van der Waals surface area contributed by atoms with Crippen LogP contribution in [0.3, 0.4) is 0 Å². The minimum Gasteiger partial charge on any atom is -0.343 e. The first-order valence-corrected chi connectivity index (χ1v) is 2.98. The summed E-state index contributed by atoms with van der Waals surface area (Å²) in [5.41, 5.74) is 0. The zero-order valence-corrected chi connectivity index (χ0v) is 5.31. The van der Waals surface area contributed by atoms with Gasteiger partial charge in [-0.3, -0.25) is 0 Å². The van der Waals surface area contributed by atoms with E-state index in [4.69, 9.17) is 9.47 Å². The number of rotatable bonds is 1. The summed E-state index contributed by atoms with van der Waals surface area (Å²) in [4.78, 5) is 0. The summed E-state index contributed by atoms with van der Waals surface area (Å²) in [5.74, 6) is 0. The van der Waals surface area contributed by atoms with Crippen LogP contribution >= 0.6 is 0 Å². The molecule has 0 amide bonds. The van der Waals surface area contributed by atoms with E-state index in [2.05, 4.69) is 0 Å². The standard InChI is InChI=1S/C6H11O2/c1-3-6-7-4-5(2)8-6/h5H,3-4H2,1-2H3. The molecular formula is C6H11O2. The molecular weight excluding hydrogens is 104 g/mol. The van der Waals surface area contributed by atoms with Crippen LogP contribution in [0.25, 0.3) is 0 Å². The lowest BCUT2D eigenvalue weighted by atomic mass is 10.4. The predicted octanol–water partition coefficient (Wildman–Crippen LogP) is 1.32. The first-order valence-electron chi connectivity index (χ1n) is 2.98. The average Bonchev–Trinajstić information content (AvgIpc) is 2.14. The van der Waals surface area contributed by atoms with E-state index in [1.54, 1.807) is 0 Å². The Morgan fingerprint density at radius 3 is 2.75 bits per heavy atom.